The fourth-order valence-electron chi connectivity index (χ4n) is 2.45. The zero-order chi connectivity index (χ0) is 13.1. The number of esters is 1. The highest BCUT2D eigenvalue weighted by Crippen LogP contribution is 2.35. The monoisotopic (exact) mass is 250 g/mol. The van der Waals surface area contributed by atoms with Crippen LogP contribution in [0.15, 0.2) is 12.1 Å². The quantitative estimate of drug-likeness (QED) is 0.769. The molecule has 0 aromatic heterocycles. The zero-order valence-electron chi connectivity index (χ0n) is 11.0. The number of carbonyl (C=O) groups excluding carboxylic acids is 1. The van der Waals surface area contributed by atoms with Crippen molar-refractivity contribution in [3.63, 3.8) is 0 Å². The highest BCUT2D eigenvalue weighted by Gasteiger charge is 2.26. The van der Waals surface area contributed by atoms with Crippen LogP contribution in [0.3, 0.4) is 0 Å². The van der Waals surface area contributed by atoms with E-state index in [2.05, 4.69) is 0 Å². The van der Waals surface area contributed by atoms with Gasteiger partial charge in [0, 0.05) is 0 Å². The van der Waals surface area contributed by atoms with Crippen molar-refractivity contribution in [3.8, 4) is 11.5 Å². The highest BCUT2D eigenvalue weighted by atomic mass is 16.5. The summed E-state index contributed by atoms with van der Waals surface area (Å²) in [7, 11) is 4.68. The van der Waals surface area contributed by atoms with Gasteiger partial charge in [0.2, 0.25) is 0 Å². The van der Waals surface area contributed by atoms with Crippen molar-refractivity contribution in [2.24, 2.45) is 5.92 Å². The summed E-state index contributed by atoms with van der Waals surface area (Å²) in [6, 6.07) is 3.96. The van der Waals surface area contributed by atoms with E-state index >= 15 is 0 Å². The maximum atomic E-state index is 11.6. The lowest BCUT2D eigenvalue weighted by Crippen LogP contribution is -2.23. The summed E-state index contributed by atoms with van der Waals surface area (Å²) in [5.41, 5.74) is 2.38. The molecule has 0 radical (unpaired) electrons. The molecule has 1 aromatic rings. The molecule has 0 aliphatic heterocycles. The Balaban J connectivity index is 2.29. The third kappa shape index (κ3) is 2.28. The number of rotatable bonds is 3. The first-order valence-corrected chi connectivity index (χ1v) is 6.01. The van der Waals surface area contributed by atoms with Gasteiger partial charge in [-0.05, 0) is 42.5 Å². The molecule has 1 unspecified atom stereocenters. The van der Waals surface area contributed by atoms with E-state index in [-0.39, 0.29) is 11.9 Å². The fraction of sp³-hybridized carbons (Fsp3) is 0.500. The molecule has 1 atom stereocenters. The molecule has 1 aliphatic carbocycles. The van der Waals surface area contributed by atoms with Crippen LogP contribution in [0.1, 0.15) is 17.5 Å². The Morgan fingerprint density at radius 3 is 2.28 bits per heavy atom. The van der Waals surface area contributed by atoms with Gasteiger partial charge < -0.3 is 14.2 Å². The summed E-state index contributed by atoms with van der Waals surface area (Å²) in [5.74, 6) is 1.28. The maximum absolute atomic E-state index is 11.6. The SMILES string of the molecule is COC(=O)C1CCc2cc(OC)c(OC)cc2C1. The molecule has 0 amide bonds. The second-order valence-corrected chi connectivity index (χ2v) is 4.44. The standard InChI is InChI=1S/C14H18O4/c1-16-12-7-9-4-5-10(14(15)18-3)6-11(9)8-13(12)17-2/h7-8,10H,4-6H2,1-3H3. The van der Waals surface area contributed by atoms with Crippen LogP contribution < -0.4 is 9.47 Å². The second-order valence-electron chi connectivity index (χ2n) is 4.44. The molecule has 1 aliphatic rings. The van der Waals surface area contributed by atoms with Gasteiger partial charge >= 0.3 is 5.97 Å². The topological polar surface area (TPSA) is 44.8 Å². The molecule has 0 saturated carbocycles. The summed E-state index contributed by atoms with van der Waals surface area (Å²) < 4.78 is 15.4. The van der Waals surface area contributed by atoms with E-state index in [1.807, 2.05) is 12.1 Å². The van der Waals surface area contributed by atoms with Crippen LogP contribution in [0.25, 0.3) is 0 Å². The molecule has 0 spiro atoms. The van der Waals surface area contributed by atoms with Crippen LogP contribution in [0, 0.1) is 5.92 Å². The molecular weight excluding hydrogens is 232 g/mol. The summed E-state index contributed by atoms with van der Waals surface area (Å²) in [4.78, 5) is 11.6. The average Bonchev–Trinajstić information content (AvgIpc) is 2.44. The minimum atomic E-state index is -0.129. The molecule has 0 fully saturated rings. The molecule has 2 rings (SSSR count). The lowest BCUT2D eigenvalue weighted by atomic mass is 9.83. The Morgan fingerprint density at radius 1 is 1.11 bits per heavy atom. The van der Waals surface area contributed by atoms with Gasteiger partial charge in [0.05, 0.1) is 27.2 Å². The predicted molar refractivity (Wildman–Crippen MR) is 67.1 cm³/mol. The van der Waals surface area contributed by atoms with Gasteiger partial charge in [-0.2, -0.15) is 0 Å². The third-order valence-electron chi connectivity index (χ3n) is 3.47. The van der Waals surface area contributed by atoms with E-state index in [4.69, 9.17) is 14.2 Å². The van der Waals surface area contributed by atoms with Crippen molar-refractivity contribution in [1.29, 1.82) is 0 Å². The molecule has 0 saturated heterocycles. The number of hydrogen-bond acceptors (Lipinski definition) is 4. The molecule has 0 bridgehead atoms. The van der Waals surface area contributed by atoms with Gasteiger partial charge in [0.15, 0.2) is 11.5 Å². The number of fused-ring (bicyclic) bond motifs is 1. The smallest absolute Gasteiger partial charge is 0.309 e. The van der Waals surface area contributed by atoms with Crippen LogP contribution in [0.4, 0.5) is 0 Å². The fourth-order valence-corrected chi connectivity index (χ4v) is 2.45. The second kappa shape index (κ2) is 5.29. The Kier molecular flexibility index (Phi) is 3.75. The third-order valence-corrected chi connectivity index (χ3v) is 3.47. The van der Waals surface area contributed by atoms with Crippen LogP contribution in [0.5, 0.6) is 11.5 Å². The van der Waals surface area contributed by atoms with Crippen molar-refractivity contribution in [2.45, 2.75) is 19.3 Å². The summed E-state index contributed by atoms with van der Waals surface area (Å²) in [6.45, 7) is 0. The van der Waals surface area contributed by atoms with Crippen LogP contribution in [-0.2, 0) is 22.4 Å². The van der Waals surface area contributed by atoms with Crippen LogP contribution in [-0.4, -0.2) is 27.3 Å². The number of carbonyl (C=O) groups is 1. The van der Waals surface area contributed by atoms with Crippen molar-refractivity contribution in [2.75, 3.05) is 21.3 Å². The predicted octanol–water partition coefficient (Wildman–Crippen LogP) is 1.98. The normalized spacial score (nSPS) is 17.8. The summed E-state index contributed by atoms with van der Waals surface area (Å²) in [5, 5.41) is 0. The first kappa shape index (κ1) is 12.7. The molecule has 98 valence electrons. The van der Waals surface area contributed by atoms with Gasteiger partial charge in [0.25, 0.3) is 0 Å². The molecule has 1 aromatic carbocycles. The minimum absolute atomic E-state index is 0.0411. The van der Waals surface area contributed by atoms with Crippen LogP contribution >= 0.6 is 0 Å². The molecule has 0 heterocycles. The van der Waals surface area contributed by atoms with Gasteiger partial charge in [-0.15, -0.1) is 0 Å². The molecule has 4 nitrogen and oxygen atoms in total. The molecule has 4 heteroatoms. The Bertz CT molecular complexity index is 453. The maximum Gasteiger partial charge on any atom is 0.309 e. The van der Waals surface area contributed by atoms with E-state index in [0.717, 1.165) is 24.2 Å². The number of benzene rings is 1. The molecule has 0 N–H and O–H groups in total. The van der Waals surface area contributed by atoms with Gasteiger partial charge in [0.1, 0.15) is 0 Å². The van der Waals surface area contributed by atoms with Crippen molar-refractivity contribution >= 4 is 5.97 Å². The molecular formula is C14H18O4. The Morgan fingerprint density at radius 2 is 1.72 bits per heavy atom. The Labute approximate surface area is 107 Å². The lowest BCUT2D eigenvalue weighted by Gasteiger charge is -2.24. The van der Waals surface area contributed by atoms with Gasteiger partial charge in [-0.1, -0.05) is 0 Å². The van der Waals surface area contributed by atoms with E-state index in [1.165, 1.54) is 12.7 Å². The van der Waals surface area contributed by atoms with Crippen molar-refractivity contribution in [3.05, 3.63) is 23.3 Å². The average molecular weight is 250 g/mol. The highest BCUT2D eigenvalue weighted by molar-refractivity contribution is 5.73. The number of methoxy groups -OCH3 is 3. The largest absolute Gasteiger partial charge is 0.493 e. The molecule has 18 heavy (non-hydrogen) atoms. The van der Waals surface area contributed by atoms with Crippen LogP contribution in [0.2, 0.25) is 0 Å². The number of hydrogen-bond donors (Lipinski definition) is 0. The van der Waals surface area contributed by atoms with E-state index in [0.29, 0.717) is 12.2 Å². The number of ether oxygens (including phenoxy) is 3. The minimum Gasteiger partial charge on any atom is -0.493 e. The summed E-state index contributed by atoms with van der Waals surface area (Å²) >= 11 is 0. The Hall–Kier alpha value is -1.71. The lowest BCUT2D eigenvalue weighted by molar-refractivity contribution is -0.145. The van der Waals surface area contributed by atoms with Gasteiger partial charge in [-0.25, -0.2) is 0 Å². The van der Waals surface area contributed by atoms with E-state index < -0.39 is 0 Å². The summed E-state index contributed by atoms with van der Waals surface area (Å²) in [6.07, 6.45) is 2.41. The zero-order valence-corrected chi connectivity index (χ0v) is 11.0. The first-order chi connectivity index (χ1) is 8.69. The van der Waals surface area contributed by atoms with Crippen molar-refractivity contribution in [1.82, 2.24) is 0 Å². The number of aryl methyl sites for hydroxylation is 1. The van der Waals surface area contributed by atoms with E-state index in [9.17, 15) is 4.79 Å². The van der Waals surface area contributed by atoms with E-state index in [1.54, 1.807) is 14.2 Å². The van der Waals surface area contributed by atoms with Gasteiger partial charge in [-0.3, -0.25) is 4.79 Å². The van der Waals surface area contributed by atoms with Crippen molar-refractivity contribution < 1.29 is 19.0 Å². The first-order valence-electron chi connectivity index (χ1n) is 6.01.